The molecule has 0 radical (unpaired) electrons. The Morgan fingerprint density at radius 1 is 1.16 bits per heavy atom. The van der Waals surface area contributed by atoms with Crippen molar-refractivity contribution in [3.63, 3.8) is 0 Å². The minimum atomic E-state index is -0.287. The van der Waals surface area contributed by atoms with Gasteiger partial charge >= 0.3 is 0 Å². The number of benzene rings is 2. The van der Waals surface area contributed by atoms with Gasteiger partial charge in [-0.05, 0) is 79.2 Å². The first kappa shape index (κ1) is 20.0. The maximum atomic E-state index is 13.9. The predicted octanol–water partition coefficient (Wildman–Crippen LogP) is 6.37. The smallest absolute Gasteiger partial charge is 0.277 e. The standard InChI is InChI=1S/C24H19ClFN3OS/c1-15-7-8-16-12-18(26)9-10-21(16)28(15)24(30)22-14-20(23-6-3-11-31-23)27-29(22)19-5-2-4-17(25)13-19/h2-6,9-15H,7-8H2,1H3. The molecule has 0 saturated carbocycles. The number of hydrogen-bond donors (Lipinski definition) is 0. The number of carbonyl (C=O) groups excluding carboxylic acids is 1. The average molecular weight is 452 g/mol. The van der Waals surface area contributed by atoms with Crippen molar-refractivity contribution in [1.29, 1.82) is 0 Å². The Morgan fingerprint density at radius 3 is 2.81 bits per heavy atom. The zero-order chi connectivity index (χ0) is 21.5. The van der Waals surface area contributed by atoms with Crippen LogP contribution in [0.3, 0.4) is 0 Å². The SMILES string of the molecule is CC1CCc2cc(F)ccc2N1C(=O)c1cc(-c2cccs2)nn1-c1cccc(Cl)c1. The average Bonchev–Trinajstić information content (AvgIpc) is 3.43. The van der Waals surface area contributed by atoms with Gasteiger partial charge in [0.1, 0.15) is 17.2 Å². The van der Waals surface area contributed by atoms with Crippen LogP contribution in [0.1, 0.15) is 29.4 Å². The molecule has 0 fully saturated rings. The van der Waals surface area contributed by atoms with Gasteiger partial charge in [0, 0.05) is 16.8 Å². The van der Waals surface area contributed by atoms with Crippen LogP contribution in [0.5, 0.6) is 0 Å². The fraction of sp³-hybridized carbons (Fsp3) is 0.167. The van der Waals surface area contributed by atoms with E-state index in [0.717, 1.165) is 34.7 Å². The van der Waals surface area contributed by atoms with Crippen LogP contribution in [0.15, 0.2) is 66.0 Å². The Labute approximate surface area is 188 Å². The molecule has 5 rings (SSSR count). The third-order valence-electron chi connectivity index (χ3n) is 5.55. The van der Waals surface area contributed by atoms with Crippen LogP contribution < -0.4 is 4.90 Å². The van der Waals surface area contributed by atoms with Crippen molar-refractivity contribution in [2.24, 2.45) is 0 Å². The summed E-state index contributed by atoms with van der Waals surface area (Å²) < 4.78 is 15.4. The summed E-state index contributed by atoms with van der Waals surface area (Å²) >= 11 is 7.78. The third kappa shape index (κ3) is 3.66. The number of rotatable bonds is 3. The number of aromatic nitrogens is 2. The number of amides is 1. The molecule has 0 saturated heterocycles. The molecule has 0 bridgehead atoms. The summed E-state index contributed by atoms with van der Waals surface area (Å²) in [6.45, 7) is 2.02. The first-order chi connectivity index (χ1) is 15.0. The maximum Gasteiger partial charge on any atom is 0.277 e. The Balaban J connectivity index is 1.65. The molecule has 7 heteroatoms. The lowest BCUT2D eigenvalue weighted by molar-refractivity contribution is 0.0967. The second kappa shape index (κ2) is 7.94. The molecule has 0 N–H and O–H groups in total. The largest absolute Gasteiger partial charge is 0.304 e. The van der Waals surface area contributed by atoms with Crippen LogP contribution in [0.4, 0.5) is 10.1 Å². The summed E-state index contributed by atoms with van der Waals surface area (Å²) in [6.07, 6.45) is 1.51. The molecule has 3 heterocycles. The highest BCUT2D eigenvalue weighted by Gasteiger charge is 2.32. The van der Waals surface area contributed by atoms with Crippen LogP contribution >= 0.6 is 22.9 Å². The van der Waals surface area contributed by atoms with Crippen LogP contribution in [0.25, 0.3) is 16.3 Å². The molecular weight excluding hydrogens is 433 g/mol. The van der Waals surface area contributed by atoms with E-state index in [-0.39, 0.29) is 17.8 Å². The van der Waals surface area contributed by atoms with Gasteiger partial charge < -0.3 is 4.90 Å². The lowest BCUT2D eigenvalue weighted by Gasteiger charge is -2.35. The highest BCUT2D eigenvalue weighted by molar-refractivity contribution is 7.13. The van der Waals surface area contributed by atoms with Crippen molar-refractivity contribution in [2.45, 2.75) is 25.8 Å². The minimum Gasteiger partial charge on any atom is -0.304 e. The lowest BCUT2D eigenvalue weighted by atomic mass is 9.96. The van der Waals surface area contributed by atoms with Gasteiger partial charge in [0.05, 0.1) is 10.6 Å². The molecule has 1 amide bonds. The molecule has 2 aromatic carbocycles. The van der Waals surface area contributed by atoms with Crippen molar-refractivity contribution in [3.8, 4) is 16.3 Å². The zero-order valence-electron chi connectivity index (χ0n) is 16.8. The topological polar surface area (TPSA) is 38.1 Å². The summed E-state index contributed by atoms with van der Waals surface area (Å²) in [7, 11) is 0. The Kier molecular flexibility index (Phi) is 5.12. The van der Waals surface area contributed by atoms with Gasteiger partial charge in [-0.1, -0.05) is 23.7 Å². The maximum absolute atomic E-state index is 13.9. The van der Waals surface area contributed by atoms with Gasteiger partial charge in [-0.25, -0.2) is 9.07 Å². The fourth-order valence-electron chi connectivity index (χ4n) is 4.04. The highest BCUT2D eigenvalue weighted by Crippen LogP contribution is 2.34. The van der Waals surface area contributed by atoms with Gasteiger partial charge in [0.15, 0.2) is 0 Å². The van der Waals surface area contributed by atoms with E-state index < -0.39 is 0 Å². The van der Waals surface area contributed by atoms with Crippen molar-refractivity contribution in [2.75, 3.05) is 4.90 Å². The first-order valence-corrected chi connectivity index (χ1v) is 11.3. The molecule has 1 aliphatic heterocycles. The molecule has 156 valence electrons. The van der Waals surface area contributed by atoms with Crippen molar-refractivity contribution < 1.29 is 9.18 Å². The van der Waals surface area contributed by atoms with E-state index in [1.54, 1.807) is 39.1 Å². The van der Waals surface area contributed by atoms with Crippen LogP contribution in [-0.4, -0.2) is 21.7 Å². The van der Waals surface area contributed by atoms with E-state index in [1.165, 1.54) is 12.1 Å². The van der Waals surface area contributed by atoms with E-state index in [0.29, 0.717) is 16.4 Å². The molecule has 1 atom stereocenters. The van der Waals surface area contributed by atoms with Crippen LogP contribution in [0, 0.1) is 5.82 Å². The second-order valence-electron chi connectivity index (χ2n) is 7.62. The fourth-order valence-corrected chi connectivity index (χ4v) is 4.90. The highest BCUT2D eigenvalue weighted by atomic mass is 35.5. The number of halogens is 2. The van der Waals surface area contributed by atoms with Crippen molar-refractivity contribution in [3.05, 3.63) is 88.1 Å². The molecule has 4 nitrogen and oxygen atoms in total. The number of carbonyl (C=O) groups is 1. The van der Waals surface area contributed by atoms with Crippen LogP contribution in [0.2, 0.25) is 5.02 Å². The third-order valence-corrected chi connectivity index (χ3v) is 6.67. The zero-order valence-corrected chi connectivity index (χ0v) is 18.3. The Bertz CT molecular complexity index is 1270. The number of anilines is 1. The molecule has 0 spiro atoms. The number of fused-ring (bicyclic) bond motifs is 1. The molecule has 1 unspecified atom stereocenters. The molecule has 0 aliphatic carbocycles. The first-order valence-electron chi connectivity index (χ1n) is 10.0. The number of thiophene rings is 1. The monoisotopic (exact) mass is 451 g/mol. The van der Waals surface area contributed by atoms with Gasteiger partial charge in [0.25, 0.3) is 5.91 Å². The summed E-state index contributed by atoms with van der Waals surface area (Å²) in [5.41, 5.74) is 3.47. The van der Waals surface area contributed by atoms with Crippen LogP contribution in [-0.2, 0) is 6.42 Å². The lowest BCUT2D eigenvalue weighted by Crippen LogP contribution is -2.43. The van der Waals surface area contributed by atoms with Crippen molar-refractivity contribution in [1.82, 2.24) is 9.78 Å². The molecule has 1 aliphatic rings. The van der Waals surface area contributed by atoms with Gasteiger partial charge in [-0.2, -0.15) is 5.10 Å². The molecule has 4 aromatic rings. The Hall–Kier alpha value is -2.96. The summed E-state index contributed by atoms with van der Waals surface area (Å²) in [4.78, 5) is 16.6. The van der Waals surface area contributed by atoms with E-state index in [4.69, 9.17) is 16.7 Å². The van der Waals surface area contributed by atoms with E-state index >= 15 is 0 Å². The quantitative estimate of drug-likeness (QED) is 0.362. The van der Waals surface area contributed by atoms with E-state index in [1.807, 2.05) is 42.6 Å². The molecule has 2 aromatic heterocycles. The Morgan fingerprint density at radius 2 is 2.03 bits per heavy atom. The number of nitrogens with zero attached hydrogens (tertiary/aromatic N) is 3. The van der Waals surface area contributed by atoms with E-state index in [2.05, 4.69) is 0 Å². The number of aryl methyl sites for hydroxylation is 1. The van der Waals surface area contributed by atoms with Gasteiger partial charge in [-0.3, -0.25) is 4.79 Å². The minimum absolute atomic E-state index is 0.0154. The summed E-state index contributed by atoms with van der Waals surface area (Å²) in [5.74, 6) is -0.458. The summed E-state index contributed by atoms with van der Waals surface area (Å²) in [6, 6.07) is 17.6. The van der Waals surface area contributed by atoms with Gasteiger partial charge in [-0.15, -0.1) is 11.3 Å². The van der Waals surface area contributed by atoms with Gasteiger partial charge in [0.2, 0.25) is 0 Å². The summed E-state index contributed by atoms with van der Waals surface area (Å²) in [5, 5.41) is 7.28. The number of hydrogen-bond acceptors (Lipinski definition) is 3. The predicted molar refractivity (Wildman–Crippen MR) is 123 cm³/mol. The molecular formula is C24H19ClFN3OS. The van der Waals surface area contributed by atoms with E-state index in [9.17, 15) is 9.18 Å². The van der Waals surface area contributed by atoms with Crippen molar-refractivity contribution >= 4 is 34.5 Å². The second-order valence-corrected chi connectivity index (χ2v) is 9.00. The molecule has 31 heavy (non-hydrogen) atoms. The normalized spacial score (nSPS) is 15.7.